The molecular weight excluding hydrogens is 300 g/mol. The fraction of sp³-hybridized carbons (Fsp3) is 0.562. The van der Waals surface area contributed by atoms with E-state index in [9.17, 15) is 4.79 Å². The van der Waals surface area contributed by atoms with E-state index in [1.165, 1.54) is 0 Å². The van der Waals surface area contributed by atoms with Gasteiger partial charge in [-0.2, -0.15) is 0 Å². The molecule has 1 saturated heterocycles. The number of nitrogens with one attached hydrogen (secondary N) is 2. The zero-order chi connectivity index (χ0) is 16.7. The zero-order valence-electron chi connectivity index (χ0n) is 13.8. The van der Waals surface area contributed by atoms with Crippen molar-refractivity contribution >= 4 is 5.91 Å². The van der Waals surface area contributed by atoms with Crippen LogP contribution in [0.15, 0.2) is 18.2 Å². The molecule has 1 aromatic rings. The number of rotatable bonds is 7. The van der Waals surface area contributed by atoms with Crippen molar-refractivity contribution in [1.82, 2.24) is 10.6 Å². The zero-order valence-corrected chi connectivity index (χ0v) is 13.8. The van der Waals surface area contributed by atoms with Crippen LogP contribution in [0.2, 0.25) is 0 Å². The molecule has 7 nitrogen and oxygen atoms in total. The topological polar surface area (TPSA) is 78.0 Å². The molecule has 0 bridgehead atoms. The third-order valence-corrected chi connectivity index (χ3v) is 3.59. The summed E-state index contributed by atoms with van der Waals surface area (Å²) in [6.45, 7) is 3.96. The molecule has 2 atom stereocenters. The molecule has 0 saturated carbocycles. The molecule has 7 heteroatoms. The Morgan fingerprint density at radius 3 is 2.52 bits per heavy atom. The van der Waals surface area contributed by atoms with E-state index in [0.29, 0.717) is 43.6 Å². The molecule has 1 aliphatic rings. The van der Waals surface area contributed by atoms with Crippen molar-refractivity contribution < 1.29 is 23.7 Å². The number of carbonyl (C=O) groups excluding carboxylic acids is 1. The predicted octanol–water partition coefficient (Wildman–Crippen LogP) is 0.576. The highest BCUT2D eigenvalue weighted by Crippen LogP contribution is 2.27. The normalized spacial score (nSPS) is 20.7. The van der Waals surface area contributed by atoms with Gasteiger partial charge in [-0.3, -0.25) is 4.79 Å². The lowest BCUT2D eigenvalue weighted by atomic mass is 10.1. The van der Waals surface area contributed by atoms with Crippen LogP contribution >= 0.6 is 0 Å². The van der Waals surface area contributed by atoms with Crippen molar-refractivity contribution in [3.05, 3.63) is 18.2 Å². The molecule has 2 rings (SSSR count). The first kappa shape index (κ1) is 17.4. The average Bonchev–Trinajstić information content (AvgIpc) is 2.58. The van der Waals surface area contributed by atoms with Gasteiger partial charge in [0.05, 0.1) is 33.5 Å². The van der Waals surface area contributed by atoms with E-state index in [1.54, 1.807) is 32.4 Å². The molecule has 1 aliphatic heterocycles. The van der Waals surface area contributed by atoms with Crippen molar-refractivity contribution in [2.75, 3.05) is 40.5 Å². The lowest BCUT2D eigenvalue weighted by molar-refractivity contribution is -0.129. The van der Waals surface area contributed by atoms with Crippen LogP contribution in [0.3, 0.4) is 0 Å². The molecule has 0 radical (unpaired) electrons. The van der Waals surface area contributed by atoms with Gasteiger partial charge >= 0.3 is 0 Å². The van der Waals surface area contributed by atoms with E-state index in [2.05, 4.69) is 10.6 Å². The molecule has 1 heterocycles. The average molecular weight is 324 g/mol. The van der Waals surface area contributed by atoms with E-state index in [4.69, 9.17) is 18.9 Å². The Labute approximate surface area is 136 Å². The maximum absolute atomic E-state index is 12.1. The van der Waals surface area contributed by atoms with Crippen molar-refractivity contribution in [1.29, 1.82) is 0 Å². The fourth-order valence-corrected chi connectivity index (χ4v) is 2.35. The molecule has 1 aromatic carbocycles. The smallest absolute Gasteiger partial charge is 0.239 e. The second-order valence-electron chi connectivity index (χ2n) is 5.20. The summed E-state index contributed by atoms with van der Waals surface area (Å²) in [7, 11) is 3.17. The first-order chi connectivity index (χ1) is 11.1. The highest BCUT2D eigenvalue weighted by Gasteiger charge is 2.27. The van der Waals surface area contributed by atoms with Crippen LogP contribution in [-0.4, -0.2) is 58.6 Å². The first-order valence-electron chi connectivity index (χ1n) is 7.62. The molecule has 0 unspecified atom stereocenters. The third kappa shape index (κ3) is 5.01. The summed E-state index contributed by atoms with van der Waals surface area (Å²) in [5.41, 5.74) is 0. The summed E-state index contributed by atoms with van der Waals surface area (Å²) in [5.74, 6) is 1.86. The van der Waals surface area contributed by atoms with Gasteiger partial charge in [0.1, 0.15) is 29.9 Å². The molecule has 0 aromatic heterocycles. The van der Waals surface area contributed by atoms with E-state index < -0.39 is 0 Å². The number of hydrogen-bond acceptors (Lipinski definition) is 6. The van der Waals surface area contributed by atoms with Crippen LogP contribution in [-0.2, 0) is 9.53 Å². The van der Waals surface area contributed by atoms with Crippen LogP contribution in [0.1, 0.15) is 6.92 Å². The first-order valence-corrected chi connectivity index (χ1v) is 7.62. The molecule has 128 valence electrons. The van der Waals surface area contributed by atoms with Crippen LogP contribution in [0.4, 0.5) is 0 Å². The Morgan fingerprint density at radius 1 is 1.26 bits per heavy atom. The molecule has 1 amide bonds. The van der Waals surface area contributed by atoms with Crippen LogP contribution < -0.4 is 24.8 Å². The Hall–Kier alpha value is -1.99. The van der Waals surface area contributed by atoms with Crippen LogP contribution in [0.5, 0.6) is 17.2 Å². The molecule has 2 N–H and O–H groups in total. The van der Waals surface area contributed by atoms with Gasteiger partial charge in [0.2, 0.25) is 5.91 Å². The number of benzene rings is 1. The quantitative estimate of drug-likeness (QED) is 0.714. The summed E-state index contributed by atoms with van der Waals surface area (Å²) in [6.07, 6.45) is -0.132. The summed E-state index contributed by atoms with van der Waals surface area (Å²) in [6, 6.07) is 4.98. The van der Waals surface area contributed by atoms with Crippen LogP contribution in [0.25, 0.3) is 0 Å². The lowest BCUT2D eigenvalue weighted by Crippen LogP contribution is -2.55. The Kier molecular flexibility index (Phi) is 6.49. The Morgan fingerprint density at radius 2 is 1.91 bits per heavy atom. The van der Waals surface area contributed by atoms with Gasteiger partial charge in [0, 0.05) is 24.7 Å². The lowest BCUT2D eigenvalue weighted by Gasteiger charge is -2.29. The van der Waals surface area contributed by atoms with Gasteiger partial charge in [-0.1, -0.05) is 0 Å². The van der Waals surface area contributed by atoms with Crippen molar-refractivity contribution in [3.63, 3.8) is 0 Å². The summed E-state index contributed by atoms with van der Waals surface area (Å²) < 4.78 is 21.4. The monoisotopic (exact) mass is 324 g/mol. The highest BCUT2D eigenvalue weighted by atomic mass is 16.5. The predicted molar refractivity (Wildman–Crippen MR) is 85.3 cm³/mol. The minimum Gasteiger partial charge on any atom is -0.496 e. The minimum atomic E-state index is -0.319. The SMILES string of the molecule is COc1cc(OC)cc(OCCNC(=O)[C@H]2NCCO[C@@H]2C)c1. The molecule has 0 aliphatic carbocycles. The van der Waals surface area contributed by atoms with Gasteiger partial charge in [-0.05, 0) is 6.92 Å². The summed E-state index contributed by atoms with van der Waals surface area (Å²) in [4.78, 5) is 12.1. The maximum Gasteiger partial charge on any atom is 0.239 e. The molecule has 0 spiro atoms. The van der Waals surface area contributed by atoms with E-state index in [0.717, 1.165) is 0 Å². The largest absolute Gasteiger partial charge is 0.496 e. The standard InChI is InChI=1S/C16H24N2O5/c1-11-15(17-4-6-22-11)16(19)18-5-7-23-14-9-12(20-2)8-13(10-14)21-3/h8-11,15,17H,4-7H2,1-3H3,(H,18,19)/t11-,15+/m1/s1. The van der Waals surface area contributed by atoms with Crippen molar-refractivity contribution in [3.8, 4) is 17.2 Å². The second-order valence-corrected chi connectivity index (χ2v) is 5.20. The number of ether oxygens (including phenoxy) is 4. The summed E-state index contributed by atoms with van der Waals surface area (Å²) >= 11 is 0. The van der Waals surface area contributed by atoms with Gasteiger partial charge < -0.3 is 29.6 Å². The Bertz CT molecular complexity index is 501. The van der Waals surface area contributed by atoms with E-state index in [1.807, 2.05) is 6.92 Å². The number of methoxy groups -OCH3 is 2. The number of morpholine rings is 1. The third-order valence-electron chi connectivity index (χ3n) is 3.59. The minimum absolute atomic E-state index is 0.0796. The number of hydrogen-bond donors (Lipinski definition) is 2. The van der Waals surface area contributed by atoms with Gasteiger partial charge in [-0.15, -0.1) is 0 Å². The van der Waals surface area contributed by atoms with Crippen LogP contribution in [0, 0.1) is 0 Å². The van der Waals surface area contributed by atoms with Crippen molar-refractivity contribution in [2.24, 2.45) is 0 Å². The van der Waals surface area contributed by atoms with Crippen molar-refractivity contribution in [2.45, 2.75) is 19.1 Å². The highest BCUT2D eigenvalue weighted by molar-refractivity contribution is 5.82. The van der Waals surface area contributed by atoms with Gasteiger partial charge in [0.25, 0.3) is 0 Å². The van der Waals surface area contributed by atoms with Gasteiger partial charge in [-0.25, -0.2) is 0 Å². The summed E-state index contributed by atoms with van der Waals surface area (Å²) in [5, 5.41) is 5.99. The molecular formula is C16H24N2O5. The van der Waals surface area contributed by atoms with Gasteiger partial charge in [0.15, 0.2) is 0 Å². The Balaban J connectivity index is 1.77. The number of amides is 1. The fourth-order valence-electron chi connectivity index (χ4n) is 2.35. The molecule has 1 fully saturated rings. The van der Waals surface area contributed by atoms with E-state index in [-0.39, 0.29) is 18.1 Å². The maximum atomic E-state index is 12.1. The molecule has 23 heavy (non-hydrogen) atoms. The van der Waals surface area contributed by atoms with E-state index >= 15 is 0 Å². The second kappa shape index (κ2) is 8.59. The number of carbonyl (C=O) groups is 1.